The fourth-order valence-electron chi connectivity index (χ4n) is 0.916. The summed E-state index contributed by atoms with van der Waals surface area (Å²) in [7, 11) is 0. The van der Waals surface area contributed by atoms with E-state index in [9.17, 15) is 0 Å². The van der Waals surface area contributed by atoms with E-state index < -0.39 is 0 Å². The van der Waals surface area contributed by atoms with Crippen molar-refractivity contribution in [2.45, 2.75) is 13.8 Å². The van der Waals surface area contributed by atoms with Crippen LogP contribution in [-0.2, 0) is 0 Å². The minimum absolute atomic E-state index is 0.543. The molecule has 0 aromatic heterocycles. The van der Waals surface area contributed by atoms with Gasteiger partial charge in [0.1, 0.15) is 12.4 Å². The Balaban J connectivity index is 2.60. The van der Waals surface area contributed by atoms with Gasteiger partial charge in [-0.25, -0.2) is 0 Å². The molecule has 2 nitrogen and oxygen atoms in total. The van der Waals surface area contributed by atoms with Crippen molar-refractivity contribution >= 4 is 17.3 Å². The molecule has 0 aliphatic heterocycles. The van der Waals surface area contributed by atoms with Gasteiger partial charge in [-0.05, 0) is 32.1 Å². The van der Waals surface area contributed by atoms with E-state index in [1.54, 1.807) is 18.2 Å². The van der Waals surface area contributed by atoms with E-state index in [1.807, 2.05) is 19.9 Å². The lowest BCUT2D eigenvalue weighted by Crippen LogP contribution is -1.95. The lowest BCUT2D eigenvalue weighted by molar-refractivity contribution is 0.362. The van der Waals surface area contributed by atoms with Crippen molar-refractivity contribution in [1.82, 2.24) is 0 Å². The molecule has 0 amide bonds. The zero-order valence-corrected chi connectivity index (χ0v) is 9.14. The first kappa shape index (κ1) is 10.9. The van der Waals surface area contributed by atoms with E-state index in [-0.39, 0.29) is 0 Å². The number of halogens is 1. The third kappa shape index (κ3) is 3.30. The first-order valence-electron chi connectivity index (χ1n) is 4.41. The predicted molar refractivity (Wildman–Crippen MR) is 60.8 cm³/mol. The summed E-state index contributed by atoms with van der Waals surface area (Å²) >= 11 is 5.77. The maximum absolute atomic E-state index is 5.77. The van der Waals surface area contributed by atoms with Crippen molar-refractivity contribution in [2.75, 3.05) is 12.3 Å². The summed E-state index contributed by atoms with van der Waals surface area (Å²) in [6, 6.07) is 5.26. The average molecular weight is 212 g/mol. The van der Waals surface area contributed by atoms with Crippen LogP contribution in [0.4, 0.5) is 5.69 Å². The Bertz CT molecular complexity index is 343. The molecule has 0 atom stereocenters. The quantitative estimate of drug-likeness (QED) is 0.615. The lowest BCUT2D eigenvalue weighted by atomic mass is 10.3. The summed E-state index contributed by atoms with van der Waals surface area (Å²) < 4.78 is 5.44. The summed E-state index contributed by atoms with van der Waals surface area (Å²) in [6.45, 7) is 4.61. The second-order valence-electron chi connectivity index (χ2n) is 3.28. The number of ether oxygens (including phenoxy) is 1. The number of nitrogen functional groups attached to an aromatic ring is 1. The third-order valence-corrected chi connectivity index (χ3v) is 2.05. The molecular weight excluding hydrogens is 198 g/mol. The first-order chi connectivity index (χ1) is 6.59. The Morgan fingerprint density at radius 3 is 2.79 bits per heavy atom. The molecule has 1 rings (SSSR count). The van der Waals surface area contributed by atoms with Crippen molar-refractivity contribution in [3.63, 3.8) is 0 Å². The van der Waals surface area contributed by atoms with Crippen LogP contribution >= 0.6 is 11.6 Å². The highest BCUT2D eigenvalue weighted by molar-refractivity contribution is 6.33. The molecular formula is C11H14ClNO. The van der Waals surface area contributed by atoms with Crippen LogP contribution in [0.25, 0.3) is 0 Å². The Labute approximate surface area is 89.3 Å². The van der Waals surface area contributed by atoms with Gasteiger partial charge in [-0.1, -0.05) is 17.2 Å². The fourth-order valence-corrected chi connectivity index (χ4v) is 1.03. The second kappa shape index (κ2) is 4.91. The highest BCUT2D eigenvalue weighted by atomic mass is 35.5. The molecule has 2 N–H and O–H groups in total. The number of hydrogen-bond donors (Lipinski definition) is 1. The Hall–Kier alpha value is -1.15. The maximum atomic E-state index is 5.77. The smallest absolute Gasteiger partial charge is 0.121 e. The standard InChI is InChI=1S/C11H14ClNO/c1-8(2)5-6-14-9-3-4-10(12)11(13)7-9/h3-5,7H,6,13H2,1-2H3. The van der Waals surface area contributed by atoms with E-state index in [4.69, 9.17) is 22.1 Å². The molecule has 0 unspecified atom stereocenters. The van der Waals surface area contributed by atoms with Crippen LogP contribution in [0, 0.1) is 0 Å². The summed E-state index contributed by atoms with van der Waals surface area (Å²) in [5.74, 6) is 0.740. The van der Waals surface area contributed by atoms with Gasteiger partial charge in [-0.3, -0.25) is 0 Å². The van der Waals surface area contributed by atoms with E-state index >= 15 is 0 Å². The normalized spacial score (nSPS) is 9.64. The molecule has 0 bridgehead atoms. The molecule has 0 saturated heterocycles. The van der Waals surface area contributed by atoms with Crippen LogP contribution in [0.15, 0.2) is 29.8 Å². The van der Waals surface area contributed by atoms with Gasteiger partial charge in [0.15, 0.2) is 0 Å². The molecule has 1 aromatic rings. The molecule has 0 fully saturated rings. The van der Waals surface area contributed by atoms with E-state index in [1.165, 1.54) is 5.57 Å². The van der Waals surface area contributed by atoms with E-state index in [2.05, 4.69) is 0 Å². The Morgan fingerprint density at radius 1 is 1.50 bits per heavy atom. The van der Waals surface area contributed by atoms with Crippen molar-refractivity contribution in [3.8, 4) is 5.75 Å². The van der Waals surface area contributed by atoms with Crippen LogP contribution in [0.3, 0.4) is 0 Å². The number of anilines is 1. The highest BCUT2D eigenvalue weighted by Crippen LogP contribution is 2.23. The van der Waals surface area contributed by atoms with Crippen LogP contribution < -0.4 is 10.5 Å². The Kier molecular flexibility index (Phi) is 3.84. The maximum Gasteiger partial charge on any atom is 0.121 e. The van der Waals surface area contributed by atoms with Crippen molar-refractivity contribution < 1.29 is 4.74 Å². The molecule has 1 aromatic carbocycles. The van der Waals surface area contributed by atoms with Gasteiger partial charge in [-0.15, -0.1) is 0 Å². The van der Waals surface area contributed by atoms with Crippen LogP contribution in [-0.4, -0.2) is 6.61 Å². The topological polar surface area (TPSA) is 35.2 Å². The van der Waals surface area contributed by atoms with Gasteiger partial charge >= 0.3 is 0 Å². The summed E-state index contributed by atoms with van der Waals surface area (Å²) in [4.78, 5) is 0. The van der Waals surface area contributed by atoms with Crippen molar-refractivity contribution in [3.05, 3.63) is 34.9 Å². The van der Waals surface area contributed by atoms with Crippen molar-refractivity contribution in [2.24, 2.45) is 0 Å². The number of allylic oxidation sites excluding steroid dienone is 1. The largest absolute Gasteiger partial charge is 0.489 e. The predicted octanol–water partition coefficient (Wildman–Crippen LogP) is 3.27. The number of benzene rings is 1. The highest BCUT2D eigenvalue weighted by Gasteiger charge is 1.97. The van der Waals surface area contributed by atoms with Gasteiger partial charge in [0, 0.05) is 6.07 Å². The number of nitrogens with two attached hydrogens (primary N) is 1. The summed E-state index contributed by atoms with van der Waals surface area (Å²) in [6.07, 6.45) is 2.00. The zero-order chi connectivity index (χ0) is 10.6. The zero-order valence-electron chi connectivity index (χ0n) is 8.38. The molecule has 0 saturated carbocycles. The molecule has 14 heavy (non-hydrogen) atoms. The average Bonchev–Trinajstić information content (AvgIpc) is 2.10. The molecule has 0 radical (unpaired) electrons. The fraction of sp³-hybridized carbons (Fsp3) is 0.273. The monoisotopic (exact) mass is 211 g/mol. The summed E-state index contributed by atoms with van der Waals surface area (Å²) in [5, 5.41) is 0.555. The molecule has 0 aliphatic carbocycles. The second-order valence-corrected chi connectivity index (χ2v) is 3.68. The van der Waals surface area contributed by atoms with E-state index in [0.717, 1.165) is 5.75 Å². The van der Waals surface area contributed by atoms with Crippen molar-refractivity contribution in [1.29, 1.82) is 0 Å². The van der Waals surface area contributed by atoms with Crippen LogP contribution in [0.5, 0.6) is 5.75 Å². The molecule has 0 heterocycles. The lowest BCUT2D eigenvalue weighted by Gasteiger charge is -2.05. The molecule has 0 spiro atoms. The van der Waals surface area contributed by atoms with E-state index in [0.29, 0.717) is 17.3 Å². The minimum atomic E-state index is 0.543. The van der Waals surface area contributed by atoms with Gasteiger partial charge in [0.2, 0.25) is 0 Å². The SMILES string of the molecule is CC(C)=CCOc1ccc(Cl)c(N)c1. The number of hydrogen-bond acceptors (Lipinski definition) is 2. The third-order valence-electron chi connectivity index (χ3n) is 1.71. The van der Waals surface area contributed by atoms with Gasteiger partial charge < -0.3 is 10.5 Å². The number of rotatable bonds is 3. The van der Waals surface area contributed by atoms with Crippen LogP contribution in [0.1, 0.15) is 13.8 Å². The van der Waals surface area contributed by atoms with Gasteiger partial charge in [0.25, 0.3) is 0 Å². The molecule has 3 heteroatoms. The summed E-state index contributed by atoms with van der Waals surface area (Å²) in [5.41, 5.74) is 7.40. The van der Waals surface area contributed by atoms with Gasteiger partial charge in [0.05, 0.1) is 10.7 Å². The first-order valence-corrected chi connectivity index (χ1v) is 4.78. The molecule has 0 aliphatic rings. The van der Waals surface area contributed by atoms with Crippen LogP contribution in [0.2, 0.25) is 5.02 Å². The Morgan fingerprint density at radius 2 is 2.21 bits per heavy atom. The minimum Gasteiger partial charge on any atom is -0.489 e. The van der Waals surface area contributed by atoms with Gasteiger partial charge in [-0.2, -0.15) is 0 Å². The molecule has 76 valence electrons.